The summed E-state index contributed by atoms with van der Waals surface area (Å²) in [6, 6.07) is 15.2. The number of hydrogen-bond acceptors (Lipinski definition) is 2. The molecule has 1 heterocycles. The van der Waals surface area contributed by atoms with Gasteiger partial charge in [-0.05, 0) is 36.6 Å². The van der Waals surface area contributed by atoms with Gasteiger partial charge in [-0.25, -0.2) is 0 Å². The van der Waals surface area contributed by atoms with E-state index in [1.54, 1.807) is 0 Å². The fourth-order valence-electron chi connectivity index (χ4n) is 2.19. The van der Waals surface area contributed by atoms with E-state index in [0.29, 0.717) is 6.04 Å². The number of nitrogens with zero attached hydrogens (tertiary/aromatic N) is 1. The maximum absolute atomic E-state index is 4.09. The lowest BCUT2D eigenvalue weighted by Gasteiger charge is -2.23. The molecule has 2 nitrogen and oxygen atoms in total. The minimum Gasteiger partial charge on any atom is -0.303 e. The van der Waals surface area contributed by atoms with E-state index in [2.05, 4.69) is 60.2 Å². The first-order valence-electron chi connectivity index (χ1n) is 6.63. The third-order valence-corrected chi connectivity index (χ3v) is 3.14. The van der Waals surface area contributed by atoms with Crippen LogP contribution < -0.4 is 5.32 Å². The predicted molar refractivity (Wildman–Crippen MR) is 79.9 cm³/mol. The molecular weight excluding hydrogens is 232 g/mol. The van der Waals surface area contributed by atoms with Gasteiger partial charge in [0.05, 0.1) is 6.04 Å². The fourth-order valence-corrected chi connectivity index (χ4v) is 2.19. The van der Waals surface area contributed by atoms with Gasteiger partial charge >= 0.3 is 0 Å². The molecule has 2 aromatic rings. The number of aromatic nitrogens is 1. The second-order valence-corrected chi connectivity index (χ2v) is 4.72. The van der Waals surface area contributed by atoms with Gasteiger partial charge < -0.3 is 5.32 Å². The summed E-state index contributed by atoms with van der Waals surface area (Å²) >= 11 is 0. The number of pyridine rings is 1. The molecule has 0 fully saturated rings. The van der Waals surface area contributed by atoms with E-state index in [1.807, 2.05) is 24.5 Å². The maximum Gasteiger partial charge on any atom is 0.0579 e. The summed E-state index contributed by atoms with van der Waals surface area (Å²) in [6.07, 6.45) is 6.58. The first kappa shape index (κ1) is 13.5. The lowest BCUT2D eigenvalue weighted by Crippen LogP contribution is -2.30. The summed E-state index contributed by atoms with van der Waals surface area (Å²) in [5.74, 6) is 0. The average Bonchev–Trinajstić information content (AvgIpc) is 2.47. The number of nitrogens with one attached hydrogen (secondary N) is 1. The van der Waals surface area contributed by atoms with Crippen LogP contribution in [0.5, 0.6) is 0 Å². The van der Waals surface area contributed by atoms with E-state index in [4.69, 9.17) is 0 Å². The molecule has 1 aromatic heterocycles. The van der Waals surface area contributed by atoms with Crippen molar-refractivity contribution in [2.45, 2.75) is 25.4 Å². The molecule has 0 aliphatic rings. The Morgan fingerprint density at radius 3 is 2.37 bits per heavy atom. The summed E-state index contributed by atoms with van der Waals surface area (Å²) in [7, 11) is 0. The first-order chi connectivity index (χ1) is 9.31. The van der Waals surface area contributed by atoms with Crippen molar-refractivity contribution in [2.24, 2.45) is 0 Å². The van der Waals surface area contributed by atoms with Crippen LogP contribution in [-0.2, 0) is 0 Å². The topological polar surface area (TPSA) is 24.9 Å². The van der Waals surface area contributed by atoms with E-state index in [9.17, 15) is 0 Å². The Morgan fingerprint density at radius 2 is 1.74 bits per heavy atom. The van der Waals surface area contributed by atoms with Gasteiger partial charge in [0.1, 0.15) is 0 Å². The van der Waals surface area contributed by atoms with Gasteiger partial charge in [-0.15, -0.1) is 6.58 Å². The Bertz CT molecular complexity index is 454. The molecule has 1 aromatic carbocycles. The van der Waals surface area contributed by atoms with Gasteiger partial charge in [-0.2, -0.15) is 0 Å². The van der Waals surface area contributed by atoms with Gasteiger partial charge in [-0.1, -0.05) is 36.4 Å². The van der Waals surface area contributed by atoms with Crippen LogP contribution in [0, 0.1) is 0 Å². The zero-order valence-electron chi connectivity index (χ0n) is 11.3. The fraction of sp³-hybridized carbons (Fsp3) is 0.235. The second-order valence-electron chi connectivity index (χ2n) is 4.72. The van der Waals surface area contributed by atoms with Crippen LogP contribution >= 0.6 is 0 Å². The van der Waals surface area contributed by atoms with Crippen LogP contribution in [0.15, 0.2) is 67.5 Å². The van der Waals surface area contributed by atoms with Crippen molar-refractivity contribution < 1.29 is 0 Å². The molecule has 2 atom stereocenters. The van der Waals surface area contributed by atoms with Crippen molar-refractivity contribution >= 4 is 0 Å². The van der Waals surface area contributed by atoms with Crippen LogP contribution in [0.25, 0.3) is 0 Å². The highest BCUT2D eigenvalue weighted by Crippen LogP contribution is 2.22. The molecule has 2 heteroatoms. The van der Waals surface area contributed by atoms with Gasteiger partial charge in [0, 0.05) is 18.4 Å². The highest BCUT2D eigenvalue weighted by atomic mass is 14.9. The SMILES string of the molecule is C=CCC(C)NC(c1ccccc1)c1ccncc1. The summed E-state index contributed by atoms with van der Waals surface area (Å²) < 4.78 is 0. The van der Waals surface area contributed by atoms with Gasteiger partial charge in [0.2, 0.25) is 0 Å². The van der Waals surface area contributed by atoms with E-state index in [0.717, 1.165) is 6.42 Å². The quantitative estimate of drug-likeness (QED) is 0.792. The molecule has 0 radical (unpaired) electrons. The summed E-state index contributed by atoms with van der Waals surface area (Å²) in [4.78, 5) is 4.09. The molecule has 0 saturated heterocycles. The molecule has 2 unspecified atom stereocenters. The van der Waals surface area contributed by atoms with Crippen LogP contribution in [0.4, 0.5) is 0 Å². The average molecular weight is 252 g/mol. The standard InChI is InChI=1S/C17H20N2/c1-3-7-14(2)19-17(15-8-5-4-6-9-15)16-10-12-18-13-11-16/h3-6,8-14,17,19H,1,7H2,2H3. The van der Waals surface area contributed by atoms with Crippen LogP contribution in [0.1, 0.15) is 30.5 Å². The third kappa shape index (κ3) is 3.76. The maximum atomic E-state index is 4.09. The zero-order valence-corrected chi connectivity index (χ0v) is 11.3. The van der Waals surface area contributed by atoms with E-state index in [-0.39, 0.29) is 6.04 Å². The highest BCUT2D eigenvalue weighted by molar-refractivity contribution is 5.30. The van der Waals surface area contributed by atoms with Crippen molar-refractivity contribution in [1.82, 2.24) is 10.3 Å². The minimum absolute atomic E-state index is 0.194. The lowest BCUT2D eigenvalue weighted by molar-refractivity contribution is 0.502. The Hall–Kier alpha value is -1.93. The molecule has 0 aliphatic carbocycles. The molecule has 0 saturated carbocycles. The monoisotopic (exact) mass is 252 g/mol. The largest absolute Gasteiger partial charge is 0.303 e. The second kappa shape index (κ2) is 6.86. The Kier molecular flexibility index (Phi) is 4.87. The van der Waals surface area contributed by atoms with Gasteiger partial charge in [-0.3, -0.25) is 4.98 Å². The molecule has 19 heavy (non-hydrogen) atoms. The number of hydrogen-bond donors (Lipinski definition) is 1. The summed E-state index contributed by atoms with van der Waals surface area (Å²) in [5.41, 5.74) is 2.50. The van der Waals surface area contributed by atoms with Crippen LogP contribution in [0.2, 0.25) is 0 Å². The normalized spacial score (nSPS) is 13.7. The Morgan fingerprint density at radius 1 is 1.11 bits per heavy atom. The summed E-state index contributed by atoms with van der Waals surface area (Å²) in [5, 5.41) is 3.65. The molecule has 0 amide bonds. The lowest BCUT2D eigenvalue weighted by atomic mass is 9.98. The van der Waals surface area contributed by atoms with Gasteiger partial charge in [0.15, 0.2) is 0 Å². The Balaban J connectivity index is 2.26. The molecule has 98 valence electrons. The smallest absolute Gasteiger partial charge is 0.0579 e. The number of rotatable bonds is 6. The van der Waals surface area contributed by atoms with Crippen molar-refractivity contribution in [1.29, 1.82) is 0 Å². The molecule has 0 aliphatic heterocycles. The van der Waals surface area contributed by atoms with E-state index < -0.39 is 0 Å². The highest BCUT2D eigenvalue weighted by Gasteiger charge is 2.15. The number of benzene rings is 1. The molecule has 2 rings (SSSR count). The van der Waals surface area contributed by atoms with Crippen LogP contribution in [0.3, 0.4) is 0 Å². The molecule has 0 spiro atoms. The first-order valence-corrected chi connectivity index (χ1v) is 6.63. The summed E-state index contributed by atoms with van der Waals surface area (Å²) in [6.45, 7) is 5.98. The predicted octanol–water partition coefficient (Wildman–Crippen LogP) is 3.73. The van der Waals surface area contributed by atoms with Crippen molar-refractivity contribution in [3.63, 3.8) is 0 Å². The molecule has 1 N–H and O–H groups in total. The zero-order chi connectivity index (χ0) is 13.5. The minimum atomic E-state index is 0.194. The third-order valence-electron chi connectivity index (χ3n) is 3.14. The van der Waals surface area contributed by atoms with E-state index >= 15 is 0 Å². The Labute approximate surface area is 115 Å². The van der Waals surface area contributed by atoms with Crippen molar-refractivity contribution in [3.05, 3.63) is 78.6 Å². The van der Waals surface area contributed by atoms with Gasteiger partial charge in [0.25, 0.3) is 0 Å². The van der Waals surface area contributed by atoms with Crippen molar-refractivity contribution in [2.75, 3.05) is 0 Å². The van der Waals surface area contributed by atoms with Crippen molar-refractivity contribution in [3.8, 4) is 0 Å². The molecular formula is C17H20N2. The molecule has 0 bridgehead atoms. The van der Waals surface area contributed by atoms with Crippen LogP contribution in [-0.4, -0.2) is 11.0 Å². The van der Waals surface area contributed by atoms with E-state index in [1.165, 1.54) is 11.1 Å².